The monoisotopic (exact) mass is 482 g/mol. The number of aromatic nitrogens is 1. The fourth-order valence-electron chi connectivity index (χ4n) is 4.77. The molecule has 0 aliphatic carbocycles. The van der Waals surface area contributed by atoms with E-state index in [0.29, 0.717) is 17.5 Å². The SMILES string of the molecule is COc1cc(C2C(=C(O)c3ccc(C)cc3)C(=O)C(=O)N2CCc2c[nH]c3ccccc23)ccc1O. The van der Waals surface area contributed by atoms with Gasteiger partial charge >= 0.3 is 0 Å². The van der Waals surface area contributed by atoms with E-state index in [0.717, 1.165) is 22.0 Å². The molecule has 1 aromatic heterocycles. The van der Waals surface area contributed by atoms with E-state index in [1.165, 1.54) is 18.1 Å². The van der Waals surface area contributed by atoms with Crippen LogP contribution in [0.4, 0.5) is 0 Å². The van der Waals surface area contributed by atoms with Crippen molar-refractivity contribution in [2.45, 2.75) is 19.4 Å². The quantitative estimate of drug-likeness (QED) is 0.207. The number of H-pyrrole nitrogens is 1. The third kappa shape index (κ3) is 3.98. The zero-order chi connectivity index (χ0) is 25.4. The average molecular weight is 483 g/mol. The second-order valence-corrected chi connectivity index (χ2v) is 8.90. The lowest BCUT2D eigenvalue weighted by Crippen LogP contribution is -2.31. The first-order valence-corrected chi connectivity index (χ1v) is 11.7. The number of methoxy groups -OCH3 is 1. The number of hydrogen-bond donors (Lipinski definition) is 3. The van der Waals surface area contributed by atoms with E-state index >= 15 is 0 Å². The van der Waals surface area contributed by atoms with E-state index in [-0.39, 0.29) is 29.4 Å². The molecule has 0 bridgehead atoms. The molecule has 4 aromatic rings. The van der Waals surface area contributed by atoms with Crippen molar-refractivity contribution in [3.63, 3.8) is 0 Å². The number of ether oxygens (including phenoxy) is 1. The van der Waals surface area contributed by atoms with Gasteiger partial charge in [0.1, 0.15) is 5.76 Å². The van der Waals surface area contributed by atoms with E-state index in [9.17, 15) is 19.8 Å². The number of aliphatic hydroxyl groups is 1. The Morgan fingerprint density at radius 1 is 1.06 bits per heavy atom. The first-order chi connectivity index (χ1) is 17.4. The van der Waals surface area contributed by atoms with Gasteiger partial charge < -0.3 is 24.8 Å². The number of amides is 1. The number of carbonyl (C=O) groups is 2. The molecule has 0 spiro atoms. The zero-order valence-corrected chi connectivity index (χ0v) is 20.0. The van der Waals surface area contributed by atoms with Gasteiger partial charge in [-0.2, -0.15) is 0 Å². The number of fused-ring (bicyclic) bond motifs is 1. The van der Waals surface area contributed by atoms with Crippen LogP contribution in [0, 0.1) is 6.92 Å². The maximum Gasteiger partial charge on any atom is 0.295 e. The number of phenolic OH excluding ortho intramolecular Hbond substituents is 1. The molecule has 1 fully saturated rings. The van der Waals surface area contributed by atoms with E-state index in [4.69, 9.17) is 4.74 Å². The minimum atomic E-state index is -0.842. The molecule has 1 aliphatic heterocycles. The number of Topliss-reactive ketones (excluding diaryl/α,β-unsaturated/α-hetero) is 1. The van der Waals surface area contributed by atoms with Crippen LogP contribution in [-0.2, 0) is 16.0 Å². The summed E-state index contributed by atoms with van der Waals surface area (Å²) < 4.78 is 5.27. The summed E-state index contributed by atoms with van der Waals surface area (Å²) in [5.41, 5.74) is 4.03. The summed E-state index contributed by atoms with van der Waals surface area (Å²) in [6, 6.07) is 18.8. The second-order valence-electron chi connectivity index (χ2n) is 8.90. The van der Waals surface area contributed by atoms with Gasteiger partial charge in [0.05, 0.1) is 18.7 Å². The van der Waals surface area contributed by atoms with E-state index in [1.54, 1.807) is 24.3 Å². The number of aromatic hydroxyl groups is 1. The van der Waals surface area contributed by atoms with Crippen LogP contribution in [0.15, 0.2) is 78.5 Å². The van der Waals surface area contributed by atoms with Crippen molar-refractivity contribution in [3.8, 4) is 11.5 Å². The minimum absolute atomic E-state index is 0.00974. The van der Waals surface area contributed by atoms with Gasteiger partial charge in [-0.05, 0) is 42.7 Å². The molecule has 0 radical (unpaired) electrons. The van der Waals surface area contributed by atoms with Gasteiger partial charge in [0, 0.05) is 29.2 Å². The van der Waals surface area contributed by atoms with Crippen LogP contribution in [0.1, 0.15) is 28.3 Å². The molecule has 7 nitrogen and oxygen atoms in total. The van der Waals surface area contributed by atoms with Crippen molar-refractivity contribution in [2.75, 3.05) is 13.7 Å². The standard InChI is InChI=1S/C29H26N2O5/c1-17-7-9-18(10-8-17)27(33)25-26(19-11-12-23(32)24(15-19)36-2)31(29(35)28(25)34)14-13-20-16-30-22-6-4-3-5-21(20)22/h3-12,15-16,26,30,32-33H,13-14H2,1-2H3. The van der Waals surface area contributed by atoms with Crippen LogP contribution >= 0.6 is 0 Å². The van der Waals surface area contributed by atoms with Crippen LogP contribution < -0.4 is 4.74 Å². The summed E-state index contributed by atoms with van der Waals surface area (Å²) in [4.78, 5) is 31.3. The summed E-state index contributed by atoms with van der Waals surface area (Å²) in [5.74, 6) is -1.51. The molecular weight excluding hydrogens is 456 g/mol. The number of ketones is 1. The highest BCUT2D eigenvalue weighted by atomic mass is 16.5. The van der Waals surface area contributed by atoms with Crippen LogP contribution in [0.2, 0.25) is 0 Å². The Bertz CT molecular complexity index is 1500. The smallest absolute Gasteiger partial charge is 0.295 e. The number of nitrogens with one attached hydrogen (secondary N) is 1. The van der Waals surface area contributed by atoms with Crippen molar-refractivity contribution in [3.05, 3.63) is 101 Å². The van der Waals surface area contributed by atoms with Crippen LogP contribution in [0.25, 0.3) is 16.7 Å². The first-order valence-electron chi connectivity index (χ1n) is 11.7. The molecule has 3 aromatic carbocycles. The van der Waals surface area contributed by atoms with Crippen molar-refractivity contribution in [1.29, 1.82) is 0 Å². The Kier molecular flexibility index (Phi) is 5.98. The number of benzene rings is 3. The number of aryl methyl sites for hydroxylation is 1. The number of aliphatic hydroxyl groups excluding tert-OH is 1. The molecule has 5 rings (SSSR count). The summed E-state index contributed by atoms with van der Waals surface area (Å²) in [7, 11) is 1.43. The lowest BCUT2D eigenvalue weighted by Gasteiger charge is -2.25. The summed E-state index contributed by atoms with van der Waals surface area (Å²) in [5, 5.41) is 22.4. The largest absolute Gasteiger partial charge is 0.507 e. The Morgan fingerprint density at radius 2 is 1.81 bits per heavy atom. The van der Waals surface area contributed by atoms with Crippen molar-refractivity contribution < 1.29 is 24.5 Å². The maximum absolute atomic E-state index is 13.3. The summed E-state index contributed by atoms with van der Waals surface area (Å²) in [6.45, 7) is 2.18. The lowest BCUT2D eigenvalue weighted by molar-refractivity contribution is -0.139. The maximum atomic E-state index is 13.3. The fraction of sp³-hybridized carbons (Fsp3) is 0.172. The second kappa shape index (κ2) is 9.26. The highest BCUT2D eigenvalue weighted by Crippen LogP contribution is 2.42. The van der Waals surface area contributed by atoms with Crippen molar-refractivity contribution >= 4 is 28.4 Å². The van der Waals surface area contributed by atoms with Gasteiger partial charge in [-0.25, -0.2) is 0 Å². The Balaban J connectivity index is 1.59. The molecule has 182 valence electrons. The summed E-state index contributed by atoms with van der Waals surface area (Å²) >= 11 is 0. The predicted octanol–water partition coefficient (Wildman–Crippen LogP) is 4.85. The van der Waals surface area contributed by atoms with Gasteiger partial charge in [0.25, 0.3) is 11.7 Å². The molecule has 1 amide bonds. The minimum Gasteiger partial charge on any atom is -0.507 e. The van der Waals surface area contributed by atoms with Gasteiger partial charge in [0.2, 0.25) is 0 Å². The predicted molar refractivity (Wildman–Crippen MR) is 137 cm³/mol. The molecule has 1 unspecified atom stereocenters. The van der Waals surface area contributed by atoms with Gasteiger partial charge in [-0.1, -0.05) is 54.1 Å². The molecule has 0 saturated carbocycles. The number of phenols is 1. The average Bonchev–Trinajstić information content (AvgIpc) is 3.41. The normalized spacial score (nSPS) is 17.2. The van der Waals surface area contributed by atoms with Crippen molar-refractivity contribution in [2.24, 2.45) is 0 Å². The molecule has 1 aliphatic rings. The Labute approximate surface area is 208 Å². The van der Waals surface area contributed by atoms with Crippen LogP contribution in [0.3, 0.4) is 0 Å². The van der Waals surface area contributed by atoms with Crippen LogP contribution in [-0.4, -0.2) is 45.4 Å². The van der Waals surface area contributed by atoms with E-state index in [1.807, 2.05) is 49.5 Å². The number of para-hydroxylation sites is 1. The zero-order valence-electron chi connectivity index (χ0n) is 20.0. The number of rotatable bonds is 6. The molecule has 3 N–H and O–H groups in total. The summed E-state index contributed by atoms with van der Waals surface area (Å²) in [6.07, 6.45) is 2.42. The number of likely N-dealkylation sites (tertiary alicyclic amines) is 1. The van der Waals surface area contributed by atoms with E-state index < -0.39 is 17.7 Å². The Morgan fingerprint density at radius 3 is 2.56 bits per heavy atom. The first kappa shape index (κ1) is 23.2. The molecule has 1 saturated heterocycles. The molecule has 36 heavy (non-hydrogen) atoms. The third-order valence-electron chi connectivity index (χ3n) is 6.68. The molecule has 2 heterocycles. The van der Waals surface area contributed by atoms with Crippen molar-refractivity contribution in [1.82, 2.24) is 9.88 Å². The number of hydrogen-bond acceptors (Lipinski definition) is 5. The molecular formula is C29H26N2O5. The number of aromatic amines is 1. The highest BCUT2D eigenvalue weighted by molar-refractivity contribution is 6.46. The van der Waals surface area contributed by atoms with Gasteiger partial charge in [-0.3, -0.25) is 9.59 Å². The molecule has 1 atom stereocenters. The number of carbonyl (C=O) groups excluding carboxylic acids is 2. The topological polar surface area (TPSA) is 103 Å². The third-order valence-corrected chi connectivity index (χ3v) is 6.68. The highest BCUT2D eigenvalue weighted by Gasteiger charge is 2.46. The molecule has 7 heteroatoms. The lowest BCUT2D eigenvalue weighted by atomic mass is 9.94. The van der Waals surface area contributed by atoms with Gasteiger partial charge in [0.15, 0.2) is 11.5 Å². The van der Waals surface area contributed by atoms with Crippen LogP contribution in [0.5, 0.6) is 11.5 Å². The van der Waals surface area contributed by atoms with Gasteiger partial charge in [-0.15, -0.1) is 0 Å². The number of nitrogens with zero attached hydrogens (tertiary/aromatic N) is 1. The Hall–Kier alpha value is -4.52. The fourth-order valence-corrected chi connectivity index (χ4v) is 4.77. The van der Waals surface area contributed by atoms with E-state index in [2.05, 4.69) is 4.98 Å².